The molecule has 0 spiro atoms. The van der Waals surface area contributed by atoms with Crippen molar-refractivity contribution in [1.82, 2.24) is 10.6 Å². The van der Waals surface area contributed by atoms with E-state index in [4.69, 9.17) is 14.2 Å². The van der Waals surface area contributed by atoms with Crippen molar-refractivity contribution in [3.63, 3.8) is 0 Å². The Morgan fingerprint density at radius 3 is 2.37 bits per heavy atom. The Morgan fingerprint density at radius 2 is 1.74 bits per heavy atom. The predicted molar refractivity (Wildman–Crippen MR) is 95.6 cm³/mol. The minimum Gasteiger partial charge on any atom is -0.494 e. The van der Waals surface area contributed by atoms with Crippen LogP contribution >= 0.6 is 0 Å². The average molecular weight is 380 g/mol. The lowest BCUT2D eigenvalue weighted by atomic mass is 10.1. The fraction of sp³-hybridized carbons (Fsp3) is 0.444. The first-order chi connectivity index (χ1) is 13.0. The molecule has 0 atom stereocenters. The van der Waals surface area contributed by atoms with Crippen LogP contribution in [-0.2, 0) is 19.1 Å². The Bertz CT molecular complexity index is 644. The number of esters is 1. The number of amides is 3. The highest BCUT2D eigenvalue weighted by atomic mass is 16.5. The molecule has 0 heterocycles. The first kappa shape index (κ1) is 22.1. The van der Waals surface area contributed by atoms with E-state index in [9.17, 15) is 19.2 Å². The highest BCUT2D eigenvalue weighted by Crippen LogP contribution is 2.14. The highest BCUT2D eigenvalue weighted by molar-refractivity contribution is 5.98. The number of imide groups is 1. The van der Waals surface area contributed by atoms with Gasteiger partial charge in [0, 0.05) is 25.6 Å². The zero-order valence-electron chi connectivity index (χ0n) is 15.4. The van der Waals surface area contributed by atoms with Crippen LogP contribution in [0.1, 0.15) is 30.1 Å². The third-order valence-electron chi connectivity index (χ3n) is 3.25. The van der Waals surface area contributed by atoms with Gasteiger partial charge in [-0.25, -0.2) is 4.79 Å². The van der Waals surface area contributed by atoms with Gasteiger partial charge < -0.3 is 19.5 Å². The van der Waals surface area contributed by atoms with E-state index in [0.717, 1.165) is 0 Å². The molecular formula is C18H24N2O7. The lowest BCUT2D eigenvalue weighted by Gasteiger charge is -2.07. The van der Waals surface area contributed by atoms with E-state index in [1.807, 2.05) is 12.2 Å². The summed E-state index contributed by atoms with van der Waals surface area (Å²) in [7, 11) is 1.48. The molecule has 9 heteroatoms. The molecule has 0 radical (unpaired) electrons. The van der Waals surface area contributed by atoms with Crippen LogP contribution in [-0.4, -0.2) is 57.2 Å². The molecule has 0 unspecified atom stereocenters. The van der Waals surface area contributed by atoms with Crippen LogP contribution in [0.2, 0.25) is 0 Å². The van der Waals surface area contributed by atoms with Gasteiger partial charge in [0.15, 0.2) is 12.4 Å². The number of hydrogen-bond donors (Lipinski definition) is 2. The Labute approximate surface area is 157 Å². The molecule has 0 saturated heterocycles. The molecule has 0 aromatic heterocycles. The minimum atomic E-state index is -0.767. The molecule has 0 fully saturated rings. The maximum atomic E-state index is 12.0. The number of ketones is 1. The summed E-state index contributed by atoms with van der Waals surface area (Å²) >= 11 is 0. The van der Waals surface area contributed by atoms with Gasteiger partial charge in [-0.2, -0.15) is 0 Å². The largest absolute Gasteiger partial charge is 0.494 e. The Kier molecular flexibility index (Phi) is 10.2. The topological polar surface area (TPSA) is 120 Å². The van der Waals surface area contributed by atoms with Crippen LogP contribution in [0.4, 0.5) is 4.79 Å². The van der Waals surface area contributed by atoms with E-state index in [-0.39, 0.29) is 25.2 Å². The summed E-state index contributed by atoms with van der Waals surface area (Å²) in [6, 6.07) is 5.88. The number of carbonyl (C=O) groups excluding carboxylic acids is 4. The number of benzene rings is 1. The molecule has 0 aliphatic heterocycles. The van der Waals surface area contributed by atoms with E-state index >= 15 is 0 Å². The number of ether oxygens (including phenoxy) is 3. The number of Topliss-reactive ketones (excluding diaryl/α,β-unsaturated/α-hetero) is 1. The van der Waals surface area contributed by atoms with Crippen molar-refractivity contribution in [1.29, 1.82) is 0 Å². The zero-order valence-corrected chi connectivity index (χ0v) is 15.4. The van der Waals surface area contributed by atoms with Crippen LogP contribution in [0, 0.1) is 0 Å². The first-order valence-electron chi connectivity index (χ1n) is 8.44. The van der Waals surface area contributed by atoms with Crippen LogP contribution < -0.4 is 15.4 Å². The summed E-state index contributed by atoms with van der Waals surface area (Å²) in [5.74, 6) is -1.04. The average Bonchev–Trinajstić information content (AvgIpc) is 2.65. The van der Waals surface area contributed by atoms with Crippen molar-refractivity contribution in [2.24, 2.45) is 0 Å². The van der Waals surface area contributed by atoms with Crippen molar-refractivity contribution in [3.8, 4) is 5.75 Å². The number of hydrogen-bond acceptors (Lipinski definition) is 7. The second-order valence-electron chi connectivity index (χ2n) is 5.34. The van der Waals surface area contributed by atoms with E-state index in [1.165, 1.54) is 7.11 Å². The minimum absolute atomic E-state index is 0.0497. The molecule has 0 bridgehead atoms. The number of rotatable bonds is 11. The van der Waals surface area contributed by atoms with Gasteiger partial charge in [-0.15, -0.1) is 0 Å². The lowest BCUT2D eigenvalue weighted by molar-refractivity contribution is -0.148. The number of nitrogens with one attached hydrogen (secondary N) is 2. The SMILES string of the molecule is CCOc1ccc(C(=O)CCC(=O)OCC(=O)NC(=O)NCCOC)cc1. The van der Waals surface area contributed by atoms with E-state index < -0.39 is 24.5 Å². The van der Waals surface area contributed by atoms with Gasteiger partial charge in [-0.1, -0.05) is 0 Å². The van der Waals surface area contributed by atoms with Gasteiger partial charge in [0.2, 0.25) is 0 Å². The van der Waals surface area contributed by atoms with Gasteiger partial charge in [0.1, 0.15) is 5.75 Å². The summed E-state index contributed by atoms with van der Waals surface area (Å²) in [5, 5.41) is 4.38. The molecule has 0 aliphatic carbocycles. The molecule has 0 saturated carbocycles. The Balaban J connectivity index is 2.27. The number of methoxy groups -OCH3 is 1. The van der Waals surface area contributed by atoms with Gasteiger partial charge in [0.05, 0.1) is 19.6 Å². The summed E-state index contributed by atoms with van der Waals surface area (Å²) in [6.45, 7) is 2.33. The lowest BCUT2D eigenvalue weighted by Crippen LogP contribution is -2.42. The first-order valence-corrected chi connectivity index (χ1v) is 8.44. The van der Waals surface area contributed by atoms with Crippen LogP contribution in [0.3, 0.4) is 0 Å². The monoisotopic (exact) mass is 380 g/mol. The summed E-state index contributed by atoms with van der Waals surface area (Å²) in [6.07, 6.45) is -0.217. The maximum Gasteiger partial charge on any atom is 0.321 e. The third kappa shape index (κ3) is 9.36. The van der Waals surface area contributed by atoms with Gasteiger partial charge in [0.25, 0.3) is 5.91 Å². The Hall–Kier alpha value is -2.94. The molecule has 9 nitrogen and oxygen atoms in total. The normalized spacial score (nSPS) is 10.0. The number of urea groups is 1. The van der Waals surface area contributed by atoms with E-state index in [2.05, 4.69) is 5.32 Å². The molecule has 1 aromatic rings. The molecule has 3 amide bonds. The molecule has 1 rings (SSSR count). The second-order valence-corrected chi connectivity index (χ2v) is 5.34. The van der Waals surface area contributed by atoms with Crippen molar-refractivity contribution in [3.05, 3.63) is 29.8 Å². The third-order valence-corrected chi connectivity index (χ3v) is 3.25. The van der Waals surface area contributed by atoms with E-state index in [1.54, 1.807) is 24.3 Å². The van der Waals surface area contributed by atoms with Gasteiger partial charge in [-0.3, -0.25) is 19.7 Å². The molecular weight excluding hydrogens is 356 g/mol. The maximum absolute atomic E-state index is 12.0. The molecule has 27 heavy (non-hydrogen) atoms. The quantitative estimate of drug-likeness (QED) is 0.335. The zero-order chi connectivity index (χ0) is 20.1. The van der Waals surface area contributed by atoms with E-state index in [0.29, 0.717) is 24.5 Å². The highest BCUT2D eigenvalue weighted by Gasteiger charge is 2.13. The van der Waals surface area contributed by atoms with Crippen molar-refractivity contribution >= 4 is 23.7 Å². The van der Waals surface area contributed by atoms with Crippen molar-refractivity contribution in [2.75, 3.05) is 33.5 Å². The van der Waals surface area contributed by atoms with Gasteiger partial charge in [-0.05, 0) is 31.2 Å². The van der Waals surface area contributed by atoms with Crippen molar-refractivity contribution < 1.29 is 33.4 Å². The summed E-state index contributed by atoms with van der Waals surface area (Å²) in [5.41, 5.74) is 0.455. The van der Waals surface area contributed by atoms with Crippen LogP contribution in [0.15, 0.2) is 24.3 Å². The molecule has 1 aromatic carbocycles. The molecule has 0 aliphatic rings. The van der Waals surface area contributed by atoms with Crippen LogP contribution in [0.25, 0.3) is 0 Å². The summed E-state index contributed by atoms with van der Waals surface area (Å²) in [4.78, 5) is 46.5. The molecule has 148 valence electrons. The Morgan fingerprint density at radius 1 is 1.04 bits per heavy atom. The smallest absolute Gasteiger partial charge is 0.321 e. The number of carbonyl (C=O) groups is 4. The fourth-order valence-corrected chi connectivity index (χ4v) is 1.96. The van der Waals surface area contributed by atoms with Gasteiger partial charge >= 0.3 is 12.0 Å². The predicted octanol–water partition coefficient (Wildman–Crippen LogP) is 1.06. The molecule has 2 N–H and O–H groups in total. The standard InChI is InChI=1S/C18H24N2O7/c1-3-26-14-6-4-13(5-7-14)15(21)8-9-17(23)27-12-16(22)20-18(24)19-10-11-25-2/h4-7H,3,8-12H2,1-2H3,(H2,19,20,22,24). The summed E-state index contributed by atoms with van der Waals surface area (Å²) < 4.78 is 14.8. The second kappa shape index (κ2) is 12.4. The van der Waals surface area contributed by atoms with Crippen molar-refractivity contribution in [2.45, 2.75) is 19.8 Å². The fourth-order valence-electron chi connectivity index (χ4n) is 1.96. The van der Waals surface area contributed by atoms with Crippen LogP contribution in [0.5, 0.6) is 5.75 Å².